The summed E-state index contributed by atoms with van der Waals surface area (Å²) in [7, 11) is -3.84. The molecule has 26 heavy (non-hydrogen) atoms. The molecule has 3 rings (SSSR count). The maximum Gasteiger partial charge on any atom is 0.573 e. The second-order valence-electron chi connectivity index (χ2n) is 5.46. The standard InChI is InChI=1S/C15H14F3N3O4S/c16-15(17,18)25-11-1-3-13(4-2-11)26(22,23)21-8-6-12(9-21)24-14-5-7-19-10-20-14/h1-5,7,10,12H,6,8-9H2. The predicted molar refractivity (Wildman–Crippen MR) is 82.9 cm³/mol. The molecule has 0 spiro atoms. The maximum atomic E-state index is 12.6. The summed E-state index contributed by atoms with van der Waals surface area (Å²) in [5.74, 6) is -0.138. The second-order valence-corrected chi connectivity index (χ2v) is 7.40. The molecule has 0 saturated carbocycles. The normalized spacial score (nSPS) is 18.7. The molecule has 1 aliphatic rings. The zero-order chi connectivity index (χ0) is 18.8. The fourth-order valence-electron chi connectivity index (χ4n) is 2.49. The van der Waals surface area contributed by atoms with E-state index in [4.69, 9.17) is 4.74 Å². The van der Waals surface area contributed by atoms with Crippen LogP contribution in [-0.4, -0.2) is 48.2 Å². The van der Waals surface area contributed by atoms with Crippen LogP contribution < -0.4 is 9.47 Å². The van der Waals surface area contributed by atoms with Gasteiger partial charge in [-0.15, -0.1) is 13.2 Å². The topological polar surface area (TPSA) is 81.6 Å². The average Bonchev–Trinajstić information content (AvgIpc) is 3.04. The van der Waals surface area contributed by atoms with Gasteiger partial charge in [-0.3, -0.25) is 0 Å². The molecule has 0 radical (unpaired) electrons. The third-order valence-corrected chi connectivity index (χ3v) is 5.52. The summed E-state index contributed by atoms with van der Waals surface area (Å²) in [4.78, 5) is 7.57. The van der Waals surface area contributed by atoms with Gasteiger partial charge in [0.05, 0.1) is 11.4 Å². The number of nitrogens with zero attached hydrogens (tertiary/aromatic N) is 3. The van der Waals surface area contributed by atoms with Crippen LogP contribution in [0.4, 0.5) is 13.2 Å². The van der Waals surface area contributed by atoms with E-state index in [0.717, 1.165) is 24.3 Å². The van der Waals surface area contributed by atoms with E-state index in [1.165, 1.54) is 16.8 Å². The first-order valence-corrected chi connectivity index (χ1v) is 8.97. The maximum absolute atomic E-state index is 12.6. The van der Waals surface area contributed by atoms with Gasteiger partial charge in [0.25, 0.3) is 0 Å². The van der Waals surface area contributed by atoms with Crippen molar-refractivity contribution in [2.75, 3.05) is 13.1 Å². The van der Waals surface area contributed by atoms with E-state index in [1.807, 2.05) is 0 Å². The van der Waals surface area contributed by atoms with Crippen molar-refractivity contribution in [1.29, 1.82) is 0 Å². The SMILES string of the molecule is O=S(=O)(c1ccc(OC(F)(F)F)cc1)N1CCC(Oc2ccncn2)C1. The van der Waals surface area contributed by atoms with Crippen molar-refractivity contribution in [3.63, 3.8) is 0 Å². The van der Waals surface area contributed by atoms with Gasteiger partial charge in [-0.25, -0.2) is 18.4 Å². The van der Waals surface area contributed by atoms with Crippen LogP contribution in [0.5, 0.6) is 11.6 Å². The molecule has 2 heterocycles. The lowest BCUT2D eigenvalue weighted by atomic mass is 10.3. The quantitative estimate of drug-likeness (QED) is 0.780. The van der Waals surface area contributed by atoms with Crippen molar-refractivity contribution in [3.05, 3.63) is 42.9 Å². The largest absolute Gasteiger partial charge is 0.573 e. The molecule has 0 amide bonds. The van der Waals surface area contributed by atoms with Gasteiger partial charge in [-0.05, 0) is 30.7 Å². The van der Waals surface area contributed by atoms with E-state index < -0.39 is 22.1 Å². The van der Waals surface area contributed by atoms with Crippen LogP contribution in [-0.2, 0) is 10.0 Å². The van der Waals surface area contributed by atoms with E-state index in [9.17, 15) is 21.6 Å². The van der Waals surface area contributed by atoms with Gasteiger partial charge in [0, 0.05) is 18.8 Å². The van der Waals surface area contributed by atoms with Crippen LogP contribution in [0, 0.1) is 0 Å². The monoisotopic (exact) mass is 389 g/mol. The Kier molecular flexibility index (Phi) is 5.01. The highest BCUT2D eigenvalue weighted by atomic mass is 32.2. The summed E-state index contributed by atoms with van der Waals surface area (Å²) in [6.45, 7) is 0.353. The molecule has 1 unspecified atom stereocenters. The number of sulfonamides is 1. The number of ether oxygens (including phenoxy) is 2. The number of aromatic nitrogens is 2. The lowest BCUT2D eigenvalue weighted by Crippen LogP contribution is -2.31. The predicted octanol–water partition coefficient (Wildman–Crippen LogP) is 2.22. The highest BCUT2D eigenvalue weighted by molar-refractivity contribution is 7.89. The van der Waals surface area contributed by atoms with Crippen molar-refractivity contribution < 1.29 is 31.1 Å². The Balaban J connectivity index is 1.67. The Bertz CT molecular complexity index is 845. The van der Waals surface area contributed by atoms with E-state index in [2.05, 4.69) is 14.7 Å². The average molecular weight is 389 g/mol. The molecular formula is C15H14F3N3O4S. The van der Waals surface area contributed by atoms with Crippen molar-refractivity contribution in [3.8, 4) is 11.6 Å². The molecule has 1 aromatic carbocycles. The molecule has 0 aliphatic carbocycles. The summed E-state index contributed by atoms with van der Waals surface area (Å²) >= 11 is 0. The van der Waals surface area contributed by atoms with Crippen LogP contribution in [0.15, 0.2) is 47.8 Å². The number of hydrogen-bond donors (Lipinski definition) is 0. The molecule has 140 valence electrons. The van der Waals surface area contributed by atoms with Crippen LogP contribution >= 0.6 is 0 Å². The summed E-state index contributed by atoms with van der Waals surface area (Å²) in [5, 5.41) is 0. The summed E-state index contributed by atoms with van der Waals surface area (Å²) < 4.78 is 72.3. The minimum Gasteiger partial charge on any atom is -0.473 e. The van der Waals surface area contributed by atoms with Crippen molar-refractivity contribution in [1.82, 2.24) is 14.3 Å². The molecule has 0 bridgehead atoms. The highest BCUT2D eigenvalue weighted by Crippen LogP contribution is 2.27. The minimum absolute atomic E-state index is 0.116. The number of hydrogen-bond acceptors (Lipinski definition) is 6. The fraction of sp³-hybridized carbons (Fsp3) is 0.333. The zero-order valence-electron chi connectivity index (χ0n) is 13.3. The van der Waals surface area contributed by atoms with Crippen LogP contribution in [0.25, 0.3) is 0 Å². The van der Waals surface area contributed by atoms with Gasteiger partial charge in [-0.1, -0.05) is 0 Å². The molecule has 1 saturated heterocycles. The van der Waals surface area contributed by atoms with Crippen molar-refractivity contribution in [2.24, 2.45) is 0 Å². The van der Waals surface area contributed by atoms with Crippen LogP contribution in [0.1, 0.15) is 6.42 Å². The van der Waals surface area contributed by atoms with Crippen LogP contribution in [0.3, 0.4) is 0 Å². The number of benzene rings is 1. The van der Waals surface area contributed by atoms with E-state index in [-0.39, 0.29) is 24.1 Å². The van der Waals surface area contributed by atoms with Gasteiger partial charge in [0.15, 0.2) is 0 Å². The first-order chi connectivity index (χ1) is 12.2. The third kappa shape index (κ3) is 4.41. The summed E-state index contributed by atoms with van der Waals surface area (Å²) in [6, 6.07) is 5.65. The molecule has 7 nitrogen and oxygen atoms in total. The first kappa shape index (κ1) is 18.4. The van der Waals surface area contributed by atoms with Gasteiger partial charge in [0.2, 0.25) is 15.9 Å². The lowest BCUT2D eigenvalue weighted by molar-refractivity contribution is -0.274. The Morgan fingerprint density at radius 2 is 1.88 bits per heavy atom. The Morgan fingerprint density at radius 1 is 1.15 bits per heavy atom. The molecule has 1 fully saturated rings. The Hall–Kier alpha value is -2.40. The number of alkyl halides is 3. The van der Waals surface area contributed by atoms with Gasteiger partial charge in [0.1, 0.15) is 18.2 Å². The molecule has 11 heteroatoms. The van der Waals surface area contributed by atoms with E-state index >= 15 is 0 Å². The fourth-order valence-corrected chi connectivity index (χ4v) is 3.98. The molecule has 0 N–H and O–H groups in total. The first-order valence-electron chi connectivity index (χ1n) is 7.53. The molecule has 1 atom stereocenters. The summed E-state index contributed by atoms with van der Waals surface area (Å²) in [5.41, 5.74) is 0. The highest BCUT2D eigenvalue weighted by Gasteiger charge is 2.34. The molecular weight excluding hydrogens is 375 g/mol. The smallest absolute Gasteiger partial charge is 0.473 e. The molecule has 1 aromatic heterocycles. The summed E-state index contributed by atoms with van der Waals surface area (Å²) in [6.07, 6.45) is -1.90. The van der Waals surface area contributed by atoms with Gasteiger partial charge in [-0.2, -0.15) is 4.31 Å². The molecule has 1 aliphatic heterocycles. The lowest BCUT2D eigenvalue weighted by Gasteiger charge is -2.17. The second kappa shape index (κ2) is 7.08. The molecule has 2 aromatic rings. The number of halogens is 3. The zero-order valence-corrected chi connectivity index (χ0v) is 14.1. The Morgan fingerprint density at radius 3 is 2.50 bits per heavy atom. The van der Waals surface area contributed by atoms with Gasteiger partial charge >= 0.3 is 6.36 Å². The third-order valence-electron chi connectivity index (χ3n) is 3.65. The van der Waals surface area contributed by atoms with Gasteiger partial charge < -0.3 is 9.47 Å². The van der Waals surface area contributed by atoms with E-state index in [1.54, 1.807) is 6.07 Å². The number of rotatable bonds is 5. The minimum atomic E-state index is -4.83. The van der Waals surface area contributed by atoms with Crippen molar-refractivity contribution in [2.45, 2.75) is 23.8 Å². The van der Waals surface area contributed by atoms with E-state index in [0.29, 0.717) is 12.3 Å². The van der Waals surface area contributed by atoms with Crippen LogP contribution in [0.2, 0.25) is 0 Å². The Labute approximate surface area is 147 Å². The van der Waals surface area contributed by atoms with Crippen molar-refractivity contribution >= 4 is 10.0 Å².